The predicted octanol–water partition coefficient (Wildman–Crippen LogP) is 5.80. The van der Waals surface area contributed by atoms with Crippen molar-refractivity contribution in [2.45, 2.75) is 19.9 Å². The molecule has 3 heterocycles. The molecule has 0 fully saturated rings. The number of fused-ring (bicyclic) bond motifs is 1. The van der Waals surface area contributed by atoms with Crippen molar-refractivity contribution in [3.8, 4) is 17.0 Å². The SMILES string of the molecule is COc1ccccc1-c1cc(C(F)F)n2ncc(C(=O)Nc3cc(C)n(Cc4cccc(Cl)c4)n3)c2n1. The van der Waals surface area contributed by atoms with Crippen molar-refractivity contribution in [3.05, 3.63) is 94.4 Å². The van der Waals surface area contributed by atoms with Crippen LogP contribution in [0.15, 0.2) is 66.9 Å². The van der Waals surface area contributed by atoms with Crippen molar-refractivity contribution >= 4 is 29.0 Å². The zero-order valence-electron chi connectivity index (χ0n) is 19.8. The Morgan fingerprint density at radius 1 is 1.14 bits per heavy atom. The van der Waals surface area contributed by atoms with E-state index in [4.69, 9.17) is 16.3 Å². The third-order valence-corrected chi connectivity index (χ3v) is 6.03. The van der Waals surface area contributed by atoms with Crippen molar-refractivity contribution in [2.75, 3.05) is 12.4 Å². The zero-order chi connectivity index (χ0) is 26.1. The molecule has 2 aromatic carbocycles. The standard InChI is InChI=1S/C26H21ClF2N6O2/c1-15-10-23(33-34(15)14-16-6-5-7-17(27)11-16)32-26(36)19-13-30-35-21(24(28)29)12-20(31-25(19)35)18-8-3-4-9-22(18)37-2/h3-13,24H,14H2,1-2H3,(H,32,33,36). The Hall–Kier alpha value is -4.31. The van der Waals surface area contributed by atoms with Gasteiger partial charge in [-0.2, -0.15) is 10.2 Å². The van der Waals surface area contributed by atoms with Crippen LogP contribution in [-0.2, 0) is 6.54 Å². The summed E-state index contributed by atoms with van der Waals surface area (Å²) in [6.45, 7) is 2.32. The Morgan fingerprint density at radius 3 is 2.70 bits per heavy atom. The molecule has 0 aliphatic heterocycles. The maximum atomic E-state index is 13.9. The van der Waals surface area contributed by atoms with E-state index < -0.39 is 18.0 Å². The first-order chi connectivity index (χ1) is 17.8. The van der Waals surface area contributed by atoms with Crippen molar-refractivity contribution in [3.63, 3.8) is 0 Å². The highest BCUT2D eigenvalue weighted by molar-refractivity contribution is 6.30. The molecule has 8 nitrogen and oxygen atoms in total. The number of nitrogens with one attached hydrogen (secondary N) is 1. The minimum atomic E-state index is -2.85. The molecule has 0 radical (unpaired) electrons. The Morgan fingerprint density at radius 2 is 1.95 bits per heavy atom. The summed E-state index contributed by atoms with van der Waals surface area (Å²) in [5, 5.41) is 11.8. The minimum Gasteiger partial charge on any atom is -0.496 e. The second-order valence-corrected chi connectivity index (χ2v) is 8.71. The van der Waals surface area contributed by atoms with Gasteiger partial charge in [0.1, 0.15) is 17.0 Å². The van der Waals surface area contributed by atoms with Gasteiger partial charge in [-0.05, 0) is 42.8 Å². The number of halogens is 3. The van der Waals surface area contributed by atoms with Crippen molar-refractivity contribution in [1.29, 1.82) is 0 Å². The van der Waals surface area contributed by atoms with Crippen LogP contribution in [0.5, 0.6) is 5.75 Å². The number of nitrogens with zero attached hydrogens (tertiary/aromatic N) is 5. The van der Waals surface area contributed by atoms with Crippen molar-refractivity contribution < 1.29 is 18.3 Å². The van der Waals surface area contributed by atoms with E-state index in [-0.39, 0.29) is 16.9 Å². The van der Waals surface area contributed by atoms with Crippen LogP contribution < -0.4 is 10.1 Å². The van der Waals surface area contributed by atoms with Gasteiger partial charge in [-0.25, -0.2) is 18.3 Å². The number of amides is 1. The van der Waals surface area contributed by atoms with Gasteiger partial charge in [0.25, 0.3) is 12.3 Å². The van der Waals surface area contributed by atoms with Gasteiger partial charge in [0, 0.05) is 22.3 Å². The van der Waals surface area contributed by atoms with Crippen LogP contribution >= 0.6 is 11.6 Å². The topological polar surface area (TPSA) is 86.3 Å². The number of benzene rings is 2. The van der Waals surface area contributed by atoms with E-state index >= 15 is 0 Å². The summed E-state index contributed by atoms with van der Waals surface area (Å²) in [6, 6.07) is 17.3. The van der Waals surface area contributed by atoms with Crippen LogP contribution in [0.4, 0.5) is 14.6 Å². The smallest absolute Gasteiger partial charge is 0.280 e. The summed E-state index contributed by atoms with van der Waals surface area (Å²) in [5.41, 5.74) is 2.13. The summed E-state index contributed by atoms with van der Waals surface area (Å²) in [5.74, 6) is 0.192. The molecule has 3 aromatic heterocycles. The van der Waals surface area contributed by atoms with E-state index in [1.54, 1.807) is 41.1 Å². The number of carbonyl (C=O) groups is 1. The second kappa shape index (κ2) is 9.98. The van der Waals surface area contributed by atoms with Crippen molar-refractivity contribution in [1.82, 2.24) is 24.4 Å². The third-order valence-electron chi connectivity index (χ3n) is 5.79. The summed E-state index contributed by atoms with van der Waals surface area (Å²) in [7, 11) is 1.48. The first kappa shape index (κ1) is 24.4. The first-order valence-electron chi connectivity index (χ1n) is 11.2. The number of ether oxygens (including phenoxy) is 1. The highest BCUT2D eigenvalue weighted by Crippen LogP contribution is 2.32. The van der Waals surface area contributed by atoms with Crippen LogP contribution in [0.2, 0.25) is 5.02 Å². The lowest BCUT2D eigenvalue weighted by atomic mass is 10.1. The van der Waals surface area contributed by atoms with Gasteiger partial charge in [0.15, 0.2) is 11.5 Å². The van der Waals surface area contributed by atoms with E-state index in [1.165, 1.54) is 19.4 Å². The quantitative estimate of drug-likeness (QED) is 0.292. The molecule has 0 saturated carbocycles. The highest BCUT2D eigenvalue weighted by Gasteiger charge is 2.23. The van der Waals surface area contributed by atoms with Crippen LogP contribution in [0.25, 0.3) is 16.9 Å². The number of aryl methyl sites for hydroxylation is 1. The van der Waals surface area contributed by atoms with Gasteiger partial charge >= 0.3 is 0 Å². The van der Waals surface area contributed by atoms with E-state index in [2.05, 4.69) is 20.5 Å². The van der Waals surface area contributed by atoms with E-state index in [9.17, 15) is 13.6 Å². The molecule has 5 aromatic rings. The highest BCUT2D eigenvalue weighted by atomic mass is 35.5. The summed E-state index contributed by atoms with van der Waals surface area (Å²) >= 11 is 6.07. The van der Waals surface area contributed by atoms with E-state index in [0.29, 0.717) is 28.7 Å². The number of alkyl halides is 2. The predicted molar refractivity (Wildman–Crippen MR) is 135 cm³/mol. The molecule has 37 heavy (non-hydrogen) atoms. The average molecular weight is 523 g/mol. The van der Waals surface area contributed by atoms with Crippen LogP contribution in [0.3, 0.4) is 0 Å². The van der Waals surface area contributed by atoms with E-state index in [1.807, 2.05) is 25.1 Å². The van der Waals surface area contributed by atoms with Crippen LogP contribution in [0.1, 0.15) is 33.7 Å². The van der Waals surface area contributed by atoms with Gasteiger partial charge in [-0.1, -0.05) is 35.9 Å². The van der Waals surface area contributed by atoms with Gasteiger partial charge in [0.05, 0.1) is 25.5 Å². The number of anilines is 1. The van der Waals surface area contributed by atoms with Gasteiger partial charge < -0.3 is 10.1 Å². The second-order valence-electron chi connectivity index (χ2n) is 8.27. The largest absolute Gasteiger partial charge is 0.496 e. The molecule has 5 rings (SSSR count). The monoisotopic (exact) mass is 522 g/mol. The maximum absolute atomic E-state index is 13.9. The Balaban J connectivity index is 1.48. The number of methoxy groups -OCH3 is 1. The zero-order valence-corrected chi connectivity index (χ0v) is 20.6. The first-order valence-corrected chi connectivity index (χ1v) is 11.6. The lowest BCUT2D eigenvalue weighted by Gasteiger charge is -2.11. The molecule has 11 heteroatoms. The summed E-state index contributed by atoms with van der Waals surface area (Å²) < 4.78 is 35.9. The summed E-state index contributed by atoms with van der Waals surface area (Å²) in [4.78, 5) is 17.7. The Kier molecular flexibility index (Phi) is 6.58. The molecular formula is C26H21ClF2N6O2. The average Bonchev–Trinajstić information content (AvgIpc) is 3.46. The minimum absolute atomic E-state index is 0.00807. The fraction of sp³-hybridized carbons (Fsp3) is 0.154. The van der Waals surface area contributed by atoms with Crippen molar-refractivity contribution in [2.24, 2.45) is 0 Å². The number of para-hydroxylation sites is 1. The third kappa shape index (κ3) is 4.88. The molecule has 0 spiro atoms. The summed E-state index contributed by atoms with van der Waals surface area (Å²) in [6.07, 6.45) is -1.63. The lowest BCUT2D eigenvalue weighted by Crippen LogP contribution is -2.14. The number of hydrogen-bond donors (Lipinski definition) is 1. The Bertz CT molecular complexity index is 1610. The molecule has 1 amide bonds. The molecule has 0 aliphatic rings. The lowest BCUT2D eigenvalue weighted by molar-refractivity contribution is 0.102. The number of carbonyl (C=O) groups excluding carboxylic acids is 1. The molecule has 1 N–H and O–H groups in total. The fourth-order valence-electron chi connectivity index (χ4n) is 4.02. The maximum Gasteiger partial charge on any atom is 0.280 e. The van der Waals surface area contributed by atoms with E-state index in [0.717, 1.165) is 15.8 Å². The molecular weight excluding hydrogens is 502 g/mol. The van der Waals surface area contributed by atoms with Gasteiger partial charge in [-0.15, -0.1) is 0 Å². The van der Waals surface area contributed by atoms with Crippen LogP contribution in [-0.4, -0.2) is 37.4 Å². The number of hydrogen-bond acceptors (Lipinski definition) is 5. The number of rotatable bonds is 7. The molecule has 0 atom stereocenters. The van der Waals surface area contributed by atoms with Gasteiger partial charge in [0.2, 0.25) is 0 Å². The molecule has 0 aliphatic carbocycles. The molecule has 0 bridgehead atoms. The molecule has 188 valence electrons. The molecule has 0 unspecified atom stereocenters. The fourth-order valence-corrected chi connectivity index (χ4v) is 4.23. The number of aromatic nitrogens is 5. The van der Waals surface area contributed by atoms with Crippen LogP contribution in [0, 0.1) is 6.92 Å². The Labute approximate surface area is 215 Å². The van der Waals surface area contributed by atoms with Gasteiger partial charge in [-0.3, -0.25) is 9.48 Å². The normalized spacial score (nSPS) is 11.3. The molecule has 0 saturated heterocycles.